The first-order valence-electron chi connectivity index (χ1n) is 6.82. The van der Waals surface area contributed by atoms with Crippen LogP contribution in [0.15, 0.2) is 57.7 Å². The Bertz CT molecular complexity index is 943. The van der Waals surface area contributed by atoms with E-state index in [1.165, 1.54) is 12.3 Å². The predicted molar refractivity (Wildman–Crippen MR) is 85.4 cm³/mol. The smallest absolute Gasteiger partial charge is 0.277 e. The molecule has 3 N–H and O–H groups in total. The van der Waals surface area contributed by atoms with Gasteiger partial charge in [0.2, 0.25) is 15.8 Å². The van der Waals surface area contributed by atoms with Gasteiger partial charge in [-0.25, -0.2) is 13.6 Å². The number of primary sulfonamides is 1. The fourth-order valence-corrected chi connectivity index (χ4v) is 2.69. The lowest BCUT2D eigenvalue weighted by Gasteiger charge is -2.04. The lowest BCUT2D eigenvalue weighted by Crippen LogP contribution is -2.15. The number of carbonyl (C=O) groups is 1. The molecule has 9 heteroatoms. The topological polar surface area (TPSA) is 128 Å². The van der Waals surface area contributed by atoms with E-state index in [1.807, 2.05) is 0 Å². The molecule has 0 aliphatic carbocycles. The van der Waals surface area contributed by atoms with Crippen LogP contribution in [0.3, 0.4) is 0 Å². The van der Waals surface area contributed by atoms with E-state index in [4.69, 9.17) is 14.1 Å². The molecule has 0 saturated carbocycles. The molecule has 0 saturated heterocycles. The Morgan fingerprint density at radius 3 is 2.54 bits per heavy atom. The predicted octanol–water partition coefficient (Wildman–Crippen LogP) is 1.98. The van der Waals surface area contributed by atoms with Crippen LogP contribution < -0.4 is 10.5 Å². The van der Waals surface area contributed by atoms with Gasteiger partial charge in [0.15, 0.2) is 11.5 Å². The highest BCUT2D eigenvalue weighted by molar-refractivity contribution is 7.88. The van der Waals surface area contributed by atoms with Crippen molar-refractivity contribution in [3.05, 3.63) is 60.0 Å². The number of hydrogen-bond acceptors (Lipinski definition) is 6. The third-order valence-corrected chi connectivity index (χ3v) is 3.82. The minimum absolute atomic E-state index is 0.0926. The Balaban J connectivity index is 1.69. The summed E-state index contributed by atoms with van der Waals surface area (Å²) in [6.45, 7) is 0. The van der Waals surface area contributed by atoms with Crippen LogP contribution >= 0.6 is 0 Å². The molecule has 3 aromatic rings. The van der Waals surface area contributed by atoms with Crippen LogP contribution in [0.5, 0.6) is 0 Å². The molecule has 0 aliphatic rings. The fourth-order valence-electron chi connectivity index (χ4n) is 2.03. The highest BCUT2D eigenvalue weighted by atomic mass is 32.2. The van der Waals surface area contributed by atoms with Crippen LogP contribution in [-0.4, -0.2) is 19.5 Å². The number of benzene rings is 1. The number of anilines is 1. The molecule has 1 amide bonds. The second-order valence-electron chi connectivity index (χ2n) is 5.01. The van der Waals surface area contributed by atoms with Crippen molar-refractivity contribution in [1.82, 2.24) is 5.16 Å². The van der Waals surface area contributed by atoms with Crippen LogP contribution in [0.2, 0.25) is 0 Å². The molecule has 2 heterocycles. The van der Waals surface area contributed by atoms with Crippen LogP contribution in [0.1, 0.15) is 16.1 Å². The summed E-state index contributed by atoms with van der Waals surface area (Å²) in [5.74, 6) is 0.0788. The van der Waals surface area contributed by atoms with Gasteiger partial charge in [0, 0.05) is 11.8 Å². The second-order valence-corrected chi connectivity index (χ2v) is 6.63. The fraction of sp³-hybridized carbons (Fsp3) is 0.0667. The van der Waals surface area contributed by atoms with E-state index in [1.54, 1.807) is 36.4 Å². The summed E-state index contributed by atoms with van der Waals surface area (Å²) < 4.78 is 32.3. The molecule has 0 fully saturated rings. The molecular formula is C15H13N3O5S. The quantitative estimate of drug-likeness (QED) is 0.726. The Morgan fingerprint density at radius 2 is 1.92 bits per heavy atom. The molecule has 0 bridgehead atoms. The number of furan rings is 1. The molecule has 0 atom stereocenters. The van der Waals surface area contributed by atoms with Gasteiger partial charge >= 0.3 is 0 Å². The van der Waals surface area contributed by atoms with Gasteiger partial charge in [-0.3, -0.25) is 4.79 Å². The zero-order valence-corrected chi connectivity index (χ0v) is 13.1. The zero-order valence-electron chi connectivity index (χ0n) is 12.3. The van der Waals surface area contributed by atoms with E-state index in [-0.39, 0.29) is 11.4 Å². The molecule has 8 nitrogen and oxygen atoms in total. The average Bonchev–Trinajstić information content (AvgIpc) is 3.18. The van der Waals surface area contributed by atoms with Crippen LogP contribution in [-0.2, 0) is 15.8 Å². The van der Waals surface area contributed by atoms with Crippen LogP contribution in [0.25, 0.3) is 11.5 Å². The molecule has 0 radical (unpaired) electrons. The number of nitrogens with one attached hydrogen (secondary N) is 1. The highest BCUT2D eigenvalue weighted by Gasteiger charge is 2.15. The monoisotopic (exact) mass is 347 g/mol. The SMILES string of the molecule is NS(=O)(=O)Cc1ccc(NC(=O)c2cc(-c3ccco3)on2)cc1. The Morgan fingerprint density at radius 1 is 1.17 bits per heavy atom. The van der Waals surface area contributed by atoms with Crippen molar-refractivity contribution in [3.8, 4) is 11.5 Å². The van der Waals surface area contributed by atoms with Crippen molar-refractivity contribution in [1.29, 1.82) is 0 Å². The summed E-state index contributed by atoms with van der Waals surface area (Å²) in [6.07, 6.45) is 1.49. The number of amides is 1. The van der Waals surface area contributed by atoms with Crippen molar-refractivity contribution in [3.63, 3.8) is 0 Å². The van der Waals surface area contributed by atoms with Crippen molar-refractivity contribution in [2.45, 2.75) is 5.75 Å². The van der Waals surface area contributed by atoms with E-state index >= 15 is 0 Å². The lowest BCUT2D eigenvalue weighted by atomic mass is 10.2. The van der Waals surface area contributed by atoms with Gasteiger partial charge in [-0.2, -0.15) is 0 Å². The van der Waals surface area contributed by atoms with Crippen molar-refractivity contribution >= 4 is 21.6 Å². The van der Waals surface area contributed by atoms with Crippen LogP contribution in [0, 0.1) is 0 Å². The zero-order chi connectivity index (χ0) is 17.2. The maximum Gasteiger partial charge on any atom is 0.277 e. The normalized spacial score (nSPS) is 11.4. The molecule has 124 valence electrons. The molecule has 0 unspecified atom stereocenters. The largest absolute Gasteiger partial charge is 0.461 e. The Hall–Kier alpha value is -2.91. The maximum atomic E-state index is 12.1. The first kappa shape index (κ1) is 16.0. The summed E-state index contributed by atoms with van der Waals surface area (Å²) >= 11 is 0. The minimum Gasteiger partial charge on any atom is -0.461 e. The highest BCUT2D eigenvalue weighted by Crippen LogP contribution is 2.21. The number of sulfonamides is 1. The van der Waals surface area contributed by atoms with Crippen molar-refractivity contribution in [2.75, 3.05) is 5.32 Å². The number of rotatable bonds is 5. The van der Waals surface area contributed by atoms with Gasteiger partial charge < -0.3 is 14.3 Å². The first-order chi connectivity index (χ1) is 11.4. The Labute approximate surface area is 137 Å². The summed E-state index contributed by atoms with van der Waals surface area (Å²) in [4.78, 5) is 12.1. The summed E-state index contributed by atoms with van der Waals surface area (Å²) in [7, 11) is -3.59. The Kier molecular flexibility index (Phi) is 4.19. The van der Waals surface area contributed by atoms with Crippen molar-refractivity contribution in [2.24, 2.45) is 5.14 Å². The number of carbonyl (C=O) groups excluding carboxylic acids is 1. The average molecular weight is 347 g/mol. The van der Waals surface area contributed by atoms with E-state index < -0.39 is 15.9 Å². The van der Waals surface area contributed by atoms with Gasteiger partial charge in [-0.15, -0.1) is 0 Å². The first-order valence-corrected chi connectivity index (χ1v) is 8.54. The molecular weight excluding hydrogens is 334 g/mol. The third-order valence-electron chi connectivity index (χ3n) is 3.09. The standard InChI is InChI=1S/C15H13N3O5S/c16-24(20,21)9-10-3-5-11(6-4-10)17-15(19)12-8-14(23-18-12)13-2-1-7-22-13/h1-8H,9H2,(H,17,19)(H2,16,20,21). The number of nitrogens with two attached hydrogens (primary N) is 1. The molecule has 3 rings (SSSR count). The summed E-state index contributed by atoms with van der Waals surface area (Å²) in [6, 6.07) is 11.1. The van der Waals surface area contributed by atoms with Crippen molar-refractivity contribution < 1.29 is 22.2 Å². The van der Waals surface area contributed by atoms with E-state index in [0.717, 1.165) is 0 Å². The van der Waals surface area contributed by atoms with Crippen LogP contribution in [0.4, 0.5) is 5.69 Å². The second kappa shape index (κ2) is 6.30. The third kappa shape index (κ3) is 3.89. The lowest BCUT2D eigenvalue weighted by molar-refractivity contribution is 0.101. The minimum atomic E-state index is -3.59. The summed E-state index contributed by atoms with van der Waals surface area (Å²) in [5.41, 5.74) is 1.10. The number of hydrogen-bond donors (Lipinski definition) is 2. The molecule has 0 aliphatic heterocycles. The molecule has 2 aromatic heterocycles. The van der Waals surface area contributed by atoms with E-state index in [9.17, 15) is 13.2 Å². The summed E-state index contributed by atoms with van der Waals surface area (Å²) in [5, 5.41) is 11.3. The number of aromatic nitrogens is 1. The van der Waals surface area contributed by atoms with E-state index in [0.29, 0.717) is 22.8 Å². The van der Waals surface area contributed by atoms with Gasteiger partial charge in [0.05, 0.1) is 12.0 Å². The van der Waals surface area contributed by atoms with Gasteiger partial charge in [-0.1, -0.05) is 17.3 Å². The molecule has 1 aromatic carbocycles. The molecule has 24 heavy (non-hydrogen) atoms. The molecule has 0 spiro atoms. The van der Waals surface area contributed by atoms with Gasteiger partial charge in [-0.05, 0) is 29.8 Å². The van der Waals surface area contributed by atoms with E-state index in [2.05, 4.69) is 10.5 Å². The maximum absolute atomic E-state index is 12.1. The van der Waals surface area contributed by atoms with Gasteiger partial charge in [0.25, 0.3) is 5.91 Å². The number of nitrogens with zero attached hydrogens (tertiary/aromatic N) is 1. The van der Waals surface area contributed by atoms with Gasteiger partial charge in [0.1, 0.15) is 0 Å².